The van der Waals surface area contributed by atoms with Crippen molar-refractivity contribution in [2.75, 3.05) is 13.9 Å². The van der Waals surface area contributed by atoms with Gasteiger partial charge in [-0.15, -0.1) is 0 Å². The van der Waals surface area contributed by atoms with Crippen LogP contribution in [0.3, 0.4) is 0 Å². The van der Waals surface area contributed by atoms with Gasteiger partial charge in [0.15, 0.2) is 11.5 Å². The first-order chi connectivity index (χ1) is 13.1. The Kier molecular flexibility index (Phi) is 4.35. The summed E-state index contributed by atoms with van der Waals surface area (Å²) >= 11 is 0. The van der Waals surface area contributed by atoms with Gasteiger partial charge in [0.2, 0.25) is 12.7 Å². The summed E-state index contributed by atoms with van der Waals surface area (Å²) in [6.45, 7) is 0.145. The molecule has 27 heavy (non-hydrogen) atoms. The number of carbonyl (C=O) groups is 2. The third kappa shape index (κ3) is 3.05. The highest BCUT2D eigenvalue weighted by Crippen LogP contribution is 2.40. The molecule has 1 amide bonds. The molecule has 4 rings (SSSR count). The molecule has 2 heterocycles. The summed E-state index contributed by atoms with van der Waals surface area (Å²) in [7, 11) is 1.58. The maximum atomic E-state index is 12.6. The molecule has 0 spiro atoms. The molecule has 1 N–H and O–H groups in total. The Morgan fingerprint density at radius 3 is 2.56 bits per heavy atom. The second kappa shape index (κ2) is 6.83. The Morgan fingerprint density at radius 2 is 1.85 bits per heavy atom. The monoisotopic (exact) mass is 369 g/mol. The summed E-state index contributed by atoms with van der Waals surface area (Å²) < 4.78 is 16.0. The summed E-state index contributed by atoms with van der Waals surface area (Å²) in [6, 6.07) is 11.3. The lowest BCUT2D eigenvalue weighted by Gasteiger charge is -2.32. The van der Waals surface area contributed by atoms with Gasteiger partial charge in [-0.2, -0.15) is 0 Å². The minimum Gasteiger partial charge on any atom is -0.497 e. The van der Waals surface area contributed by atoms with E-state index >= 15 is 0 Å². The summed E-state index contributed by atoms with van der Waals surface area (Å²) in [5.74, 6) is 0.728. The minimum absolute atomic E-state index is 0.145. The lowest BCUT2D eigenvalue weighted by atomic mass is 9.95. The Labute approximate surface area is 156 Å². The second-order valence-corrected chi connectivity index (χ2v) is 6.48. The van der Waals surface area contributed by atoms with E-state index in [0.717, 1.165) is 11.1 Å². The number of aliphatic carboxylic acids is 1. The molecule has 1 saturated heterocycles. The molecule has 7 heteroatoms. The van der Waals surface area contributed by atoms with E-state index in [2.05, 4.69) is 0 Å². The molecule has 2 aromatic carbocycles. The average Bonchev–Trinajstić information content (AvgIpc) is 3.29. The third-order valence-corrected chi connectivity index (χ3v) is 4.96. The molecule has 2 aromatic rings. The highest BCUT2D eigenvalue weighted by molar-refractivity contribution is 5.88. The fraction of sp³-hybridized carbons (Fsp3) is 0.300. The molecule has 0 unspecified atom stereocenters. The molecule has 0 aromatic heterocycles. The van der Waals surface area contributed by atoms with Crippen LogP contribution in [-0.2, 0) is 9.59 Å². The van der Waals surface area contributed by atoms with Crippen LogP contribution in [0.25, 0.3) is 0 Å². The van der Waals surface area contributed by atoms with Crippen LogP contribution < -0.4 is 14.2 Å². The van der Waals surface area contributed by atoms with Crippen LogP contribution in [0.1, 0.15) is 30.0 Å². The van der Waals surface area contributed by atoms with E-state index in [1.165, 1.54) is 4.90 Å². The smallest absolute Gasteiger partial charge is 0.326 e. The Balaban J connectivity index is 1.81. The first-order valence-corrected chi connectivity index (χ1v) is 8.66. The molecular weight excluding hydrogens is 350 g/mol. The predicted octanol–water partition coefficient (Wildman–Crippen LogP) is 2.59. The molecule has 2 atom stereocenters. The first-order valence-electron chi connectivity index (χ1n) is 8.66. The van der Waals surface area contributed by atoms with E-state index in [4.69, 9.17) is 14.2 Å². The molecular formula is C20H19NO6. The van der Waals surface area contributed by atoms with E-state index < -0.39 is 18.1 Å². The average molecular weight is 369 g/mol. The van der Waals surface area contributed by atoms with Gasteiger partial charge in [-0.05, 0) is 41.8 Å². The largest absolute Gasteiger partial charge is 0.497 e. The zero-order valence-corrected chi connectivity index (χ0v) is 14.8. The van der Waals surface area contributed by atoms with Gasteiger partial charge in [0.05, 0.1) is 13.2 Å². The van der Waals surface area contributed by atoms with Gasteiger partial charge < -0.3 is 24.2 Å². The highest BCUT2D eigenvalue weighted by Gasteiger charge is 2.41. The number of fused-ring (bicyclic) bond motifs is 1. The zero-order valence-electron chi connectivity index (χ0n) is 14.8. The number of benzene rings is 2. The van der Waals surface area contributed by atoms with Crippen LogP contribution in [0.5, 0.6) is 17.2 Å². The predicted molar refractivity (Wildman–Crippen MR) is 94.9 cm³/mol. The lowest BCUT2D eigenvalue weighted by Crippen LogP contribution is -2.41. The van der Waals surface area contributed by atoms with Crippen molar-refractivity contribution in [3.05, 3.63) is 53.6 Å². The molecule has 0 aliphatic carbocycles. The zero-order chi connectivity index (χ0) is 19.0. The summed E-state index contributed by atoms with van der Waals surface area (Å²) in [4.78, 5) is 25.8. The number of carboxylic acids is 1. The quantitative estimate of drug-likeness (QED) is 0.872. The van der Waals surface area contributed by atoms with Crippen LogP contribution in [-0.4, -0.2) is 41.8 Å². The standard InChI is InChI=1S/C20H19NO6/c1-25-14-5-2-12(3-6-14)19(21-15(20(23)24)7-9-18(21)22)13-4-8-16-17(10-13)27-11-26-16/h2-6,8,10,15,19H,7,9,11H2,1H3,(H,23,24)/t15-,19+/m1/s1. The van der Waals surface area contributed by atoms with Crippen molar-refractivity contribution in [3.8, 4) is 17.2 Å². The second-order valence-electron chi connectivity index (χ2n) is 6.48. The SMILES string of the molecule is COc1ccc([C@@H](c2ccc3c(c2)OCO3)N2C(=O)CC[C@@H]2C(=O)O)cc1. The fourth-order valence-corrected chi connectivity index (χ4v) is 3.65. The summed E-state index contributed by atoms with van der Waals surface area (Å²) in [5, 5.41) is 9.62. The van der Waals surface area contributed by atoms with Crippen LogP contribution >= 0.6 is 0 Å². The fourth-order valence-electron chi connectivity index (χ4n) is 3.65. The van der Waals surface area contributed by atoms with Gasteiger partial charge in [0.1, 0.15) is 11.8 Å². The van der Waals surface area contributed by atoms with Crippen LogP contribution in [0.2, 0.25) is 0 Å². The number of methoxy groups -OCH3 is 1. The number of hydrogen-bond acceptors (Lipinski definition) is 5. The first kappa shape index (κ1) is 17.2. The van der Waals surface area contributed by atoms with Gasteiger partial charge in [0, 0.05) is 6.42 Å². The topological polar surface area (TPSA) is 85.3 Å². The van der Waals surface area contributed by atoms with E-state index in [1.807, 2.05) is 24.3 Å². The molecule has 0 bridgehead atoms. The van der Waals surface area contributed by atoms with Crippen LogP contribution in [0.4, 0.5) is 0 Å². The number of carbonyl (C=O) groups excluding carboxylic acids is 1. The number of carboxylic acid groups (broad SMARTS) is 1. The number of hydrogen-bond donors (Lipinski definition) is 1. The van der Waals surface area contributed by atoms with Crippen molar-refractivity contribution in [3.63, 3.8) is 0 Å². The van der Waals surface area contributed by atoms with E-state index in [0.29, 0.717) is 23.7 Å². The van der Waals surface area contributed by atoms with Gasteiger partial charge >= 0.3 is 5.97 Å². The van der Waals surface area contributed by atoms with Gasteiger partial charge in [0.25, 0.3) is 0 Å². The van der Waals surface area contributed by atoms with Crippen molar-refractivity contribution < 1.29 is 28.9 Å². The van der Waals surface area contributed by atoms with Gasteiger partial charge in [-0.1, -0.05) is 18.2 Å². The summed E-state index contributed by atoms with van der Waals surface area (Å²) in [5.41, 5.74) is 1.57. The third-order valence-electron chi connectivity index (χ3n) is 4.96. The molecule has 140 valence electrons. The van der Waals surface area contributed by atoms with Crippen molar-refractivity contribution in [1.82, 2.24) is 4.90 Å². The van der Waals surface area contributed by atoms with E-state index in [1.54, 1.807) is 25.3 Å². The highest BCUT2D eigenvalue weighted by atomic mass is 16.7. The van der Waals surface area contributed by atoms with E-state index in [-0.39, 0.29) is 19.1 Å². The molecule has 2 aliphatic rings. The minimum atomic E-state index is -1.000. The van der Waals surface area contributed by atoms with Crippen LogP contribution in [0, 0.1) is 0 Å². The Bertz CT molecular complexity index is 879. The van der Waals surface area contributed by atoms with Crippen molar-refractivity contribution in [1.29, 1.82) is 0 Å². The molecule has 0 saturated carbocycles. The Hall–Kier alpha value is -3.22. The number of nitrogens with zero attached hydrogens (tertiary/aromatic N) is 1. The van der Waals surface area contributed by atoms with Crippen LogP contribution in [0.15, 0.2) is 42.5 Å². The molecule has 0 radical (unpaired) electrons. The maximum Gasteiger partial charge on any atom is 0.326 e. The van der Waals surface area contributed by atoms with Crippen molar-refractivity contribution in [2.24, 2.45) is 0 Å². The Morgan fingerprint density at radius 1 is 1.15 bits per heavy atom. The number of rotatable bonds is 5. The summed E-state index contributed by atoms with van der Waals surface area (Å²) in [6.07, 6.45) is 0.513. The van der Waals surface area contributed by atoms with Crippen molar-refractivity contribution in [2.45, 2.75) is 24.9 Å². The molecule has 7 nitrogen and oxygen atoms in total. The molecule has 1 fully saturated rings. The lowest BCUT2D eigenvalue weighted by molar-refractivity contribution is -0.147. The van der Waals surface area contributed by atoms with Crippen molar-refractivity contribution >= 4 is 11.9 Å². The van der Waals surface area contributed by atoms with Gasteiger partial charge in [-0.3, -0.25) is 4.79 Å². The number of amides is 1. The normalized spacial score (nSPS) is 19.2. The molecule has 2 aliphatic heterocycles. The number of likely N-dealkylation sites (tertiary alicyclic amines) is 1. The maximum absolute atomic E-state index is 12.6. The van der Waals surface area contributed by atoms with E-state index in [9.17, 15) is 14.7 Å². The number of ether oxygens (including phenoxy) is 3. The van der Waals surface area contributed by atoms with Gasteiger partial charge in [-0.25, -0.2) is 4.79 Å².